The molecule has 1 amide bonds. The second-order valence-corrected chi connectivity index (χ2v) is 5.11. The zero-order valence-electron chi connectivity index (χ0n) is 13.3. The Kier molecular flexibility index (Phi) is 5.30. The van der Waals surface area contributed by atoms with Crippen molar-refractivity contribution < 1.29 is 18.7 Å². The quantitative estimate of drug-likeness (QED) is 0.677. The van der Waals surface area contributed by atoms with Crippen LogP contribution < -0.4 is 5.32 Å². The monoisotopic (exact) mass is 314 g/mol. The zero-order chi connectivity index (χ0) is 16.8. The lowest BCUT2D eigenvalue weighted by Crippen LogP contribution is -2.29. The Morgan fingerprint density at radius 1 is 1.22 bits per heavy atom. The predicted molar refractivity (Wildman–Crippen MR) is 83.6 cm³/mol. The summed E-state index contributed by atoms with van der Waals surface area (Å²) in [7, 11) is 1.26. The van der Waals surface area contributed by atoms with E-state index in [-0.39, 0.29) is 11.4 Å². The van der Waals surface area contributed by atoms with Gasteiger partial charge in [0.25, 0.3) is 5.91 Å². The highest BCUT2D eigenvalue weighted by molar-refractivity contribution is 6.00. The molecule has 0 radical (unpaired) electrons. The lowest BCUT2D eigenvalue weighted by Gasteiger charge is -2.08. The Bertz CT molecular complexity index is 728. The van der Waals surface area contributed by atoms with Crippen LogP contribution in [0.15, 0.2) is 52.3 Å². The summed E-state index contributed by atoms with van der Waals surface area (Å²) < 4.78 is 9.95. The van der Waals surface area contributed by atoms with Gasteiger partial charge in [-0.1, -0.05) is 30.3 Å². The minimum atomic E-state index is -0.605. The molecule has 1 aromatic heterocycles. The van der Waals surface area contributed by atoms with Crippen LogP contribution in [0.2, 0.25) is 0 Å². The van der Waals surface area contributed by atoms with E-state index in [1.165, 1.54) is 13.4 Å². The molecule has 120 valence electrons. The Morgan fingerprint density at radius 2 is 1.91 bits per heavy atom. The van der Waals surface area contributed by atoms with E-state index in [0.717, 1.165) is 5.56 Å². The number of nitrogens with one attached hydrogen (secondary N) is 1. The number of esters is 1. The van der Waals surface area contributed by atoms with E-state index in [9.17, 15) is 9.59 Å². The molecule has 1 aromatic carbocycles. The van der Waals surface area contributed by atoms with Crippen LogP contribution in [0, 0.1) is 0 Å². The molecule has 0 saturated heterocycles. The first kappa shape index (κ1) is 16.5. The molecule has 23 heavy (non-hydrogen) atoms. The average Bonchev–Trinajstić information content (AvgIpc) is 3.01. The van der Waals surface area contributed by atoms with Gasteiger partial charge in [-0.2, -0.15) is 0 Å². The number of aromatic nitrogens is 1. The molecule has 2 aromatic rings. The molecular weight excluding hydrogens is 296 g/mol. The fraction of sp³-hybridized carbons (Fsp3) is 0.235. The molecule has 2 rings (SSSR count). The molecule has 1 N–H and O–H groups in total. The van der Waals surface area contributed by atoms with Crippen LogP contribution in [-0.2, 0) is 16.0 Å². The minimum absolute atomic E-state index is 0.102. The maximum absolute atomic E-state index is 12.2. The molecule has 1 heterocycles. The summed E-state index contributed by atoms with van der Waals surface area (Å²) >= 11 is 0. The van der Waals surface area contributed by atoms with Gasteiger partial charge in [0.05, 0.1) is 7.11 Å². The second kappa shape index (κ2) is 7.40. The van der Waals surface area contributed by atoms with Crippen LogP contribution >= 0.6 is 0 Å². The van der Waals surface area contributed by atoms with Crippen LogP contribution in [0.25, 0.3) is 0 Å². The Labute approximate surface area is 134 Å². The Balaban J connectivity index is 2.09. The highest BCUT2D eigenvalue weighted by Gasteiger charge is 2.19. The number of amides is 1. The first-order valence-corrected chi connectivity index (χ1v) is 7.06. The van der Waals surface area contributed by atoms with Crippen LogP contribution in [-0.4, -0.2) is 24.0 Å². The number of ether oxygens (including phenoxy) is 1. The Hall–Kier alpha value is -2.89. The van der Waals surface area contributed by atoms with Crippen LogP contribution in [0.3, 0.4) is 0 Å². The van der Waals surface area contributed by atoms with E-state index in [4.69, 9.17) is 4.42 Å². The number of hydrogen-bond acceptors (Lipinski definition) is 5. The van der Waals surface area contributed by atoms with Crippen molar-refractivity contribution in [3.63, 3.8) is 0 Å². The smallest absolute Gasteiger partial charge is 0.354 e. The first-order chi connectivity index (χ1) is 11.0. The van der Waals surface area contributed by atoms with Crippen molar-refractivity contribution in [3.8, 4) is 0 Å². The number of benzene rings is 1. The number of hydrogen-bond donors (Lipinski definition) is 1. The maximum Gasteiger partial charge on any atom is 0.354 e. The summed E-state index contributed by atoms with van der Waals surface area (Å²) in [6.07, 6.45) is 1.76. The summed E-state index contributed by atoms with van der Waals surface area (Å²) in [4.78, 5) is 27.9. The molecule has 0 unspecified atom stereocenters. The highest BCUT2D eigenvalue weighted by Crippen LogP contribution is 2.10. The second-order valence-electron chi connectivity index (χ2n) is 5.11. The van der Waals surface area contributed by atoms with Gasteiger partial charge in [-0.3, -0.25) is 4.79 Å². The number of carbonyl (C=O) groups excluding carboxylic acids is 2. The molecule has 6 heteroatoms. The molecule has 6 nitrogen and oxygen atoms in total. The van der Waals surface area contributed by atoms with Gasteiger partial charge in [0.2, 0.25) is 0 Å². The first-order valence-electron chi connectivity index (χ1n) is 7.06. The zero-order valence-corrected chi connectivity index (χ0v) is 13.3. The van der Waals surface area contributed by atoms with Crippen molar-refractivity contribution in [3.05, 3.63) is 65.0 Å². The van der Waals surface area contributed by atoms with Gasteiger partial charge in [0.1, 0.15) is 12.0 Å². The summed E-state index contributed by atoms with van der Waals surface area (Å²) in [5.41, 5.74) is 1.88. The van der Waals surface area contributed by atoms with E-state index in [2.05, 4.69) is 15.0 Å². The summed E-state index contributed by atoms with van der Waals surface area (Å²) in [6, 6.07) is 9.66. The van der Waals surface area contributed by atoms with E-state index in [1.807, 2.05) is 30.3 Å². The third kappa shape index (κ3) is 4.29. The number of methoxy groups -OCH3 is 1. The van der Waals surface area contributed by atoms with Crippen molar-refractivity contribution in [2.75, 3.05) is 7.11 Å². The lowest BCUT2D eigenvalue weighted by atomic mass is 10.1. The summed E-state index contributed by atoms with van der Waals surface area (Å²) in [5.74, 6) is -0.695. The van der Waals surface area contributed by atoms with E-state index in [1.54, 1.807) is 13.8 Å². The molecule has 0 aliphatic carbocycles. The van der Waals surface area contributed by atoms with Crippen LogP contribution in [0.4, 0.5) is 0 Å². The summed E-state index contributed by atoms with van der Waals surface area (Å²) in [5, 5.41) is 2.50. The fourth-order valence-corrected chi connectivity index (χ4v) is 1.93. The van der Waals surface area contributed by atoms with Crippen molar-refractivity contribution in [1.82, 2.24) is 10.3 Å². The molecule has 0 aliphatic heterocycles. The van der Waals surface area contributed by atoms with Crippen molar-refractivity contribution in [1.29, 1.82) is 0 Å². The summed E-state index contributed by atoms with van der Waals surface area (Å²) in [6.45, 7) is 3.41. The largest absolute Gasteiger partial charge is 0.464 e. The highest BCUT2D eigenvalue weighted by atomic mass is 16.5. The third-order valence-corrected chi connectivity index (χ3v) is 3.11. The molecule has 0 bridgehead atoms. The minimum Gasteiger partial charge on any atom is -0.464 e. The van der Waals surface area contributed by atoms with Crippen molar-refractivity contribution in [2.45, 2.75) is 20.3 Å². The maximum atomic E-state index is 12.2. The van der Waals surface area contributed by atoms with E-state index < -0.39 is 11.9 Å². The fourth-order valence-electron chi connectivity index (χ4n) is 1.93. The molecule has 0 spiro atoms. The number of allylic oxidation sites excluding steroid dienone is 1. The van der Waals surface area contributed by atoms with Gasteiger partial charge >= 0.3 is 5.97 Å². The predicted octanol–water partition coefficient (Wildman–Crippen LogP) is 2.46. The lowest BCUT2D eigenvalue weighted by molar-refractivity contribution is -0.136. The molecular formula is C17H18N2O4. The standard InChI is InChI=1S/C17H18N2O4/c1-11(2)15(17(21)22-3)19-16(20)13-10-23-14(18-13)9-12-7-5-4-6-8-12/h4-8,10H,9H2,1-3H3,(H,19,20). The van der Waals surface area contributed by atoms with Gasteiger partial charge in [-0.25, -0.2) is 9.78 Å². The topological polar surface area (TPSA) is 81.4 Å². The van der Waals surface area contributed by atoms with Crippen molar-refractivity contribution in [2.24, 2.45) is 0 Å². The van der Waals surface area contributed by atoms with Gasteiger partial charge < -0.3 is 14.5 Å². The van der Waals surface area contributed by atoms with Crippen molar-refractivity contribution >= 4 is 11.9 Å². The van der Waals surface area contributed by atoms with E-state index in [0.29, 0.717) is 17.9 Å². The molecule has 0 aliphatic rings. The van der Waals surface area contributed by atoms with Gasteiger partial charge in [-0.15, -0.1) is 0 Å². The van der Waals surface area contributed by atoms with Gasteiger partial charge in [0.15, 0.2) is 11.6 Å². The molecule has 0 atom stereocenters. The van der Waals surface area contributed by atoms with Crippen LogP contribution in [0.1, 0.15) is 35.8 Å². The average molecular weight is 314 g/mol. The molecule has 0 saturated carbocycles. The number of rotatable bonds is 5. The Morgan fingerprint density at radius 3 is 2.52 bits per heavy atom. The number of carbonyl (C=O) groups is 2. The normalized spacial score (nSPS) is 10.0. The van der Waals surface area contributed by atoms with E-state index >= 15 is 0 Å². The number of nitrogens with zero attached hydrogens (tertiary/aromatic N) is 1. The SMILES string of the molecule is COC(=O)C(NC(=O)c1coc(Cc2ccccc2)n1)=C(C)C. The van der Waals surface area contributed by atoms with Crippen LogP contribution in [0.5, 0.6) is 0 Å². The molecule has 0 fully saturated rings. The van der Waals surface area contributed by atoms with Gasteiger partial charge in [-0.05, 0) is 25.0 Å². The third-order valence-electron chi connectivity index (χ3n) is 3.11. The number of oxazole rings is 1. The van der Waals surface area contributed by atoms with Gasteiger partial charge in [0, 0.05) is 6.42 Å².